The molecule has 158 valence electrons. The fourth-order valence-corrected chi connectivity index (χ4v) is 2.72. The van der Waals surface area contributed by atoms with E-state index in [2.05, 4.69) is 21.3 Å². The Hall–Kier alpha value is -3.68. The highest BCUT2D eigenvalue weighted by Gasteiger charge is 2.08. The molecule has 8 heteroatoms. The zero-order valence-electron chi connectivity index (χ0n) is 17.1. The van der Waals surface area contributed by atoms with Crippen molar-refractivity contribution in [3.63, 3.8) is 0 Å². The molecule has 2 rings (SSSR count). The van der Waals surface area contributed by atoms with Crippen LogP contribution in [0.15, 0.2) is 48.5 Å². The smallest absolute Gasteiger partial charge is 0.251 e. The quantitative estimate of drug-likeness (QED) is 0.475. The van der Waals surface area contributed by atoms with Gasteiger partial charge in [-0.2, -0.15) is 0 Å². The summed E-state index contributed by atoms with van der Waals surface area (Å²) in [6.45, 7) is 0. The summed E-state index contributed by atoms with van der Waals surface area (Å²) in [5.74, 6) is -0.664. The number of carbonyl (C=O) groups is 4. The van der Waals surface area contributed by atoms with E-state index in [1.807, 2.05) is 0 Å². The number of amides is 4. The van der Waals surface area contributed by atoms with Gasteiger partial charge in [-0.15, -0.1) is 0 Å². The van der Waals surface area contributed by atoms with Crippen LogP contribution < -0.4 is 21.3 Å². The Bertz CT molecular complexity index is 817. The lowest BCUT2D eigenvalue weighted by molar-refractivity contribution is -0.118. The topological polar surface area (TPSA) is 116 Å². The van der Waals surface area contributed by atoms with Gasteiger partial charge < -0.3 is 21.3 Å². The highest BCUT2D eigenvalue weighted by Crippen LogP contribution is 2.13. The molecule has 0 bridgehead atoms. The number of unbranched alkanes of at least 4 members (excludes halogenated alkanes) is 1. The minimum atomic E-state index is -0.187. The molecule has 0 atom stereocenters. The minimum Gasteiger partial charge on any atom is -0.355 e. The van der Waals surface area contributed by atoms with Crippen LogP contribution in [0.5, 0.6) is 0 Å². The second-order valence-electron chi connectivity index (χ2n) is 6.62. The number of rotatable bonds is 9. The lowest BCUT2D eigenvalue weighted by Crippen LogP contribution is -2.18. The summed E-state index contributed by atoms with van der Waals surface area (Å²) in [5.41, 5.74) is 2.27. The van der Waals surface area contributed by atoms with E-state index in [1.54, 1.807) is 62.6 Å². The van der Waals surface area contributed by atoms with Crippen molar-refractivity contribution in [3.8, 4) is 0 Å². The van der Waals surface area contributed by atoms with Gasteiger partial charge >= 0.3 is 0 Å². The lowest BCUT2D eigenvalue weighted by Gasteiger charge is -2.07. The van der Waals surface area contributed by atoms with Crippen LogP contribution in [-0.4, -0.2) is 37.7 Å². The summed E-state index contributed by atoms with van der Waals surface area (Å²) in [4.78, 5) is 47.0. The van der Waals surface area contributed by atoms with E-state index in [4.69, 9.17) is 0 Å². The van der Waals surface area contributed by atoms with Crippen molar-refractivity contribution in [1.29, 1.82) is 0 Å². The van der Waals surface area contributed by atoms with Crippen LogP contribution in [0.4, 0.5) is 11.4 Å². The summed E-state index contributed by atoms with van der Waals surface area (Å²) in [6.07, 6.45) is 1.74. The molecule has 0 fully saturated rings. The fraction of sp³-hybridized carbons (Fsp3) is 0.273. The van der Waals surface area contributed by atoms with E-state index in [1.165, 1.54) is 0 Å². The van der Waals surface area contributed by atoms with Crippen molar-refractivity contribution >= 4 is 35.0 Å². The van der Waals surface area contributed by atoms with E-state index in [-0.39, 0.29) is 23.6 Å². The average molecular weight is 410 g/mol. The maximum Gasteiger partial charge on any atom is 0.251 e. The second kappa shape index (κ2) is 11.4. The molecule has 0 saturated carbocycles. The monoisotopic (exact) mass is 410 g/mol. The van der Waals surface area contributed by atoms with Crippen LogP contribution in [0.2, 0.25) is 0 Å². The summed E-state index contributed by atoms with van der Waals surface area (Å²) >= 11 is 0. The van der Waals surface area contributed by atoms with Gasteiger partial charge in [-0.25, -0.2) is 0 Å². The number of hydrogen-bond donors (Lipinski definition) is 4. The zero-order chi connectivity index (χ0) is 21.9. The number of anilines is 2. The predicted molar refractivity (Wildman–Crippen MR) is 115 cm³/mol. The third-order valence-electron chi connectivity index (χ3n) is 4.37. The highest BCUT2D eigenvalue weighted by molar-refractivity contribution is 5.96. The van der Waals surface area contributed by atoms with Gasteiger partial charge in [0.05, 0.1) is 0 Å². The largest absolute Gasteiger partial charge is 0.355 e. The third-order valence-corrected chi connectivity index (χ3v) is 4.37. The Morgan fingerprint density at radius 1 is 0.600 bits per heavy atom. The van der Waals surface area contributed by atoms with Crippen LogP contribution in [0.1, 0.15) is 46.4 Å². The Morgan fingerprint density at radius 2 is 0.933 bits per heavy atom. The van der Waals surface area contributed by atoms with Gasteiger partial charge in [-0.05, 0) is 61.4 Å². The minimum absolute atomic E-state index is 0.145. The molecule has 8 nitrogen and oxygen atoms in total. The van der Waals surface area contributed by atoms with E-state index < -0.39 is 0 Å². The molecule has 2 aromatic rings. The fourth-order valence-electron chi connectivity index (χ4n) is 2.72. The molecule has 30 heavy (non-hydrogen) atoms. The van der Waals surface area contributed by atoms with Crippen molar-refractivity contribution in [1.82, 2.24) is 10.6 Å². The normalized spacial score (nSPS) is 10.1. The molecule has 0 aromatic heterocycles. The molecule has 0 aliphatic rings. The molecule has 0 unspecified atom stereocenters. The number of benzene rings is 2. The van der Waals surface area contributed by atoms with Gasteiger partial charge in [0.25, 0.3) is 11.8 Å². The predicted octanol–water partition coefficient (Wildman–Crippen LogP) is 2.54. The van der Waals surface area contributed by atoms with E-state index in [0.29, 0.717) is 48.2 Å². The molecule has 0 saturated heterocycles. The van der Waals surface area contributed by atoms with Crippen molar-refractivity contribution in [2.24, 2.45) is 0 Å². The molecule has 2 aromatic carbocycles. The summed E-state index contributed by atoms with van der Waals surface area (Å²) in [7, 11) is 3.11. The maximum atomic E-state index is 12.0. The molecule has 0 aliphatic heterocycles. The third kappa shape index (κ3) is 7.05. The molecule has 4 N–H and O–H groups in total. The van der Waals surface area contributed by atoms with E-state index >= 15 is 0 Å². The zero-order valence-corrected chi connectivity index (χ0v) is 17.1. The number of hydrogen-bond acceptors (Lipinski definition) is 4. The standard InChI is InChI=1S/C22H26N4O4/c1-23-21(29)15-7-11-17(12-8-15)25-19(27)5-3-4-6-20(28)26-18-13-9-16(10-14-18)22(30)24-2/h7-14H,3-6H2,1-2H3,(H,23,29)(H,24,30)(H,25,27)(H,26,28). The van der Waals surface area contributed by atoms with Crippen molar-refractivity contribution in [2.45, 2.75) is 25.7 Å². The molecular formula is C22H26N4O4. The first-order chi connectivity index (χ1) is 14.4. The SMILES string of the molecule is CNC(=O)c1ccc(NC(=O)CCCCC(=O)Nc2ccc(C(=O)NC)cc2)cc1. The van der Waals surface area contributed by atoms with Gasteiger partial charge in [0, 0.05) is 49.4 Å². The average Bonchev–Trinajstić information content (AvgIpc) is 2.76. The van der Waals surface area contributed by atoms with E-state index in [9.17, 15) is 19.2 Å². The first-order valence-corrected chi connectivity index (χ1v) is 9.67. The van der Waals surface area contributed by atoms with Crippen LogP contribution in [-0.2, 0) is 9.59 Å². The van der Waals surface area contributed by atoms with Crippen molar-refractivity contribution in [2.75, 3.05) is 24.7 Å². The Balaban J connectivity index is 1.67. The van der Waals surface area contributed by atoms with Crippen LogP contribution in [0.3, 0.4) is 0 Å². The van der Waals surface area contributed by atoms with Crippen LogP contribution in [0.25, 0.3) is 0 Å². The molecule has 4 amide bonds. The first-order valence-electron chi connectivity index (χ1n) is 9.67. The summed E-state index contributed by atoms with van der Waals surface area (Å²) in [5, 5.41) is 10.6. The molecule has 0 spiro atoms. The van der Waals surface area contributed by atoms with Gasteiger partial charge in [0.1, 0.15) is 0 Å². The Labute approximate surface area is 175 Å². The van der Waals surface area contributed by atoms with Crippen LogP contribution in [0, 0.1) is 0 Å². The van der Waals surface area contributed by atoms with Crippen molar-refractivity contribution in [3.05, 3.63) is 59.7 Å². The Kier molecular flexibility index (Phi) is 8.56. The van der Waals surface area contributed by atoms with Gasteiger partial charge in [0.2, 0.25) is 11.8 Å². The van der Waals surface area contributed by atoms with Crippen molar-refractivity contribution < 1.29 is 19.2 Å². The van der Waals surface area contributed by atoms with Gasteiger partial charge in [-0.3, -0.25) is 19.2 Å². The molecular weight excluding hydrogens is 384 g/mol. The van der Waals surface area contributed by atoms with Gasteiger partial charge in [-0.1, -0.05) is 0 Å². The number of carbonyl (C=O) groups excluding carboxylic acids is 4. The number of nitrogens with one attached hydrogen (secondary N) is 4. The van der Waals surface area contributed by atoms with Gasteiger partial charge in [0.15, 0.2) is 0 Å². The molecule has 0 aliphatic carbocycles. The summed E-state index contributed by atoms with van der Waals surface area (Å²) < 4.78 is 0. The highest BCUT2D eigenvalue weighted by atomic mass is 16.2. The second-order valence-corrected chi connectivity index (χ2v) is 6.62. The lowest BCUT2D eigenvalue weighted by atomic mass is 10.1. The van der Waals surface area contributed by atoms with E-state index in [0.717, 1.165) is 0 Å². The molecule has 0 radical (unpaired) electrons. The summed E-state index contributed by atoms with van der Waals surface area (Å²) in [6, 6.07) is 13.2. The first kappa shape index (κ1) is 22.6. The van der Waals surface area contributed by atoms with Crippen LogP contribution >= 0.6 is 0 Å². The maximum absolute atomic E-state index is 12.0. The Morgan fingerprint density at radius 3 is 1.23 bits per heavy atom. The molecule has 0 heterocycles.